The number of nitrogens with zero attached hydrogens (tertiary/aromatic N) is 1. The summed E-state index contributed by atoms with van der Waals surface area (Å²) in [5, 5.41) is 2.93. The molecule has 0 fully saturated rings. The summed E-state index contributed by atoms with van der Waals surface area (Å²) in [6.45, 7) is 5.81. The van der Waals surface area contributed by atoms with Crippen molar-refractivity contribution in [1.82, 2.24) is 4.98 Å². The van der Waals surface area contributed by atoms with Gasteiger partial charge in [0.2, 0.25) is 0 Å². The van der Waals surface area contributed by atoms with Gasteiger partial charge in [-0.15, -0.1) is 0 Å². The van der Waals surface area contributed by atoms with Crippen LogP contribution in [0.3, 0.4) is 0 Å². The topological polar surface area (TPSA) is 42.0 Å². The molecule has 1 aromatic heterocycles. The van der Waals surface area contributed by atoms with E-state index in [-0.39, 0.29) is 5.91 Å². The molecule has 0 aliphatic carbocycles. The molecule has 0 spiro atoms. The highest BCUT2D eigenvalue weighted by Gasteiger charge is 2.11. The van der Waals surface area contributed by atoms with E-state index in [0.717, 1.165) is 27.1 Å². The summed E-state index contributed by atoms with van der Waals surface area (Å²) in [6, 6.07) is 9.27. The maximum absolute atomic E-state index is 12.2. The van der Waals surface area contributed by atoms with Crippen LogP contribution in [0.15, 0.2) is 34.8 Å². The molecule has 4 heteroatoms. The van der Waals surface area contributed by atoms with Crippen LogP contribution in [-0.2, 0) is 0 Å². The van der Waals surface area contributed by atoms with Crippen molar-refractivity contribution in [1.29, 1.82) is 0 Å². The number of amides is 1. The zero-order valence-corrected chi connectivity index (χ0v) is 12.7. The van der Waals surface area contributed by atoms with Gasteiger partial charge in [-0.3, -0.25) is 9.78 Å². The smallest absolute Gasteiger partial charge is 0.255 e. The van der Waals surface area contributed by atoms with E-state index in [0.29, 0.717) is 5.56 Å². The van der Waals surface area contributed by atoms with Crippen LogP contribution in [0, 0.1) is 20.8 Å². The molecule has 0 aliphatic rings. The summed E-state index contributed by atoms with van der Waals surface area (Å²) in [4.78, 5) is 16.6. The van der Waals surface area contributed by atoms with Crippen molar-refractivity contribution in [2.45, 2.75) is 20.8 Å². The first-order valence-electron chi connectivity index (χ1n) is 5.99. The molecule has 2 rings (SSSR count). The van der Waals surface area contributed by atoms with Crippen LogP contribution in [0.2, 0.25) is 0 Å². The highest BCUT2D eigenvalue weighted by molar-refractivity contribution is 9.10. The fraction of sp³-hybridized carbons (Fsp3) is 0.200. The number of halogens is 1. The minimum absolute atomic E-state index is 0.127. The fourth-order valence-corrected chi connectivity index (χ4v) is 2.43. The van der Waals surface area contributed by atoms with Gasteiger partial charge in [-0.2, -0.15) is 0 Å². The van der Waals surface area contributed by atoms with Gasteiger partial charge < -0.3 is 5.32 Å². The van der Waals surface area contributed by atoms with Gasteiger partial charge in [-0.1, -0.05) is 22.0 Å². The number of aryl methyl sites for hydroxylation is 3. The van der Waals surface area contributed by atoms with Crippen molar-refractivity contribution < 1.29 is 4.79 Å². The SMILES string of the molecule is Cc1cc(C)c(NC(=O)c2cccc(Br)c2)c(C)n1. The Labute approximate surface area is 121 Å². The number of carbonyl (C=O) groups excluding carboxylic acids is 1. The van der Waals surface area contributed by atoms with Crippen LogP contribution in [0.25, 0.3) is 0 Å². The van der Waals surface area contributed by atoms with E-state index in [1.54, 1.807) is 12.1 Å². The van der Waals surface area contributed by atoms with E-state index in [2.05, 4.69) is 26.2 Å². The fourth-order valence-electron chi connectivity index (χ4n) is 2.03. The minimum atomic E-state index is -0.127. The third kappa shape index (κ3) is 3.20. The van der Waals surface area contributed by atoms with Gasteiger partial charge >= 0.3 is 0 Å². The van der Waals surface area contributed by atoms with Crippen molar-refractivity contribution >= 4 is 27.5 Å². The molecule has 0 aliphatic heterocycles. The average molecular weight is 319 g/mol. The first-order valence-corrected chi connectivity index (χ1v) is 6.78. The van der Waals surface area contributed by atoms with Crippen LogP contribution >= 0.6 is 15.9 Å². The Morgan fingerprint density at radius 3 is 2.58 bits per heavy atom. The Hall–Kier alpha value is -1.68. The van der Waals surface area contributed by atoms with E-state index < -0.39 is 0 Å². The Morgan fingerprint density at radius 2 is 1.95 bits per heavy atom. The minimum Gasteiger partial charge on any atom is -0.320 e. The summed E-state index contributed by atoms with van der Waals surface area (Å²) in [6.07, 6.45) is 0. The second-order valence-electron chi connectivity index (χ2n) is 4.51. The molecule has 0 saturated heterocycles. The van der Waals surface area contributed by atoms with Crippen LogP contribution < -0.4 is 5.32 Å². The summed E-state index contributed by atoms with van der Waals surface area (Å²) in [7, 11) is 0. The third-order valence-corrected chi connectivity index (χ3v) is 3.34. The Morgan fingerprint density at radius 1 is 1.21 bits per heavy atom. The van der Waals surface area contributed by atoms with Gasteiger partial charge in [-0.05, 0) is 50.6 Å². The maximum Gasteiger partial charge on any atom is 0.255 e. The number of rotatable bonds is 2. The molecule has 1 amide bonds. The molecule has 0 atom stereocenters. The Bertz CT molecular complexity index is 615. The number of hydrogen-bond acceptors (Lipinski definition) is 2. The molecule has 2 aromatic rings. The van der Waals surface area contributed by atoms with E-state index >= 15 is 0 Å². The summed E-state index contributed by atoms with van der Waals surface area (Å²) in [5.74, 6) is -0.127. The predicted octanol–water partition coefficient (Wildman–Crippen LogP) is 4.02. The van der Waals surface area contributed by atoms with Crippen LogP contribution in [-0.4, -0.2) is 10.9 Å². The lowest BCUT2D eigenvalue weighted by atomic mass is 10.1. The number of pyridine rings is 1. The van der Waals surface area contributed by atoms with Gasteiger partial charge in [0.15, 0.2) is 0 Å². The summed E-state index contributed by atoms with van der Waals surface area (Å²) >= 11 is 3.36. The molecule has 19 heavy (non-hydrogen) atoms. The van der Waals surface area contributed by atoms with Gasteiger partial charge in [0.1, 0.15) is 0 Å². The zero-order chi connectivity index (χ0) is 14.0. The normalized spacial score (nSPS) is 10.3. The lowest BCUT2D eigenvalue weighted by molar-refractivity contribution is 0.102. The average Bonchev–Trinajstić information content (AvgIpc) is 2.33. The quantitative estimate of drug-likeness (QED) is 0.908. The van der Waals surface area contributed by atoms with Gasteiger partial charge in [0.05, 0.1) is 11.4 Å². The van der Waals surface area contributed by atoms with Crippen molar-refractivity contribution in [3.8, 4) is 0 Å². The molecule has 0 unspecified atom stereocenters. The van der Waals surface area contributed by atoms with Crippen LogP contribution in [0.4, 0.5) is 5.69 Å². The molecule has 1 heterocycles. The highest BCUT2D eigenvalue weighted by atomic mass is 79.9. The van der Waals surface area contributed by atoms with Crippen molar-refractivity contribution in [3.05, 3.63) is 57.3 Å². The number of carbonyl (C=O) groups is 1. The molecular formula is C15H15BrN2O. The summed E-state index contributed by atoms with van der Waals surface area (Å²) in [5.41, 5.74) is 4.22. The predicted molar refractivity (Wildman–Crippen MR) is 80.5 cm³/mol. The lowest BCUT2D eigenvalue weighted by Gasteiger charge is -2.12. The van der Waals surface area contributed by atoms with Gasteiger partial charge in [-0.25, -0.2) is 0 Å². The first-order chi connectivity index (χ1) is 8.97. The second kappa shape index (κ2) is 5.53. The number of benzene rings is 1. The lowest BCUT2D eigenvalue weighted by Crippen LogP contribution is -2.14. The number of nitrogens with one attached hydrogen (secondary N) is 1. The molecule has 98 valence electrons. The number of hydrogen-bond donors (Lipinski definition) is 1. The molecule has 1 aromatic carbocycles. The van der Waals surface area contributed by atoms with Gasteiger partial charge in [0, 0.05) is 15.7 Å². The second-order valence-corrected chi connectivity index (χ2v) is 5.42. The molecule has 0 saturated carbocycles. The molecule has 3 nitrogen and oxygen atoms in total. The number of anilines is 1. The Balaban J connectivity index is 2.29. The number of aromatic nitrogens is 1. The van der Waals surface area contributed by atoms with Crippen molar-refractivity contribution in [2.24, 2.45) is 0 Å². The van der Waals surface area contributed by atoms with Crippen LogP contribution in [0.5, 0.6) is 0 Å². The molecule has 0 radical (unpaired) electrons. The standard InChI is InChI=1S/C15H15BrN2O/c1-9-7-10(2)17-11(3)14(9)18-15(19)12-5-4-6-13(16)8-12/h4-8H,1-3H3,(H,18,19). The third-order valence-electron chi connectivity index (χ3n) is 2.85. The molecular weight excluding hydrogens is 304 g/mol. The van der Waals surface area contributed by atoms with Crippen molar-refractivity contribution in [2.75, 3.05) is 5.32 Å². The van der Waals surface area contributed by atoms with Gasteiger partial charge in [0.25, 0.3) is 5.91 Å². The van der Waals surface area contributed by atoms with E-state index in [4.69, 9.17) is 0 Å². The maximum atomic E-state index is 12.2. The van der Waals surface area contributed by atoms with E-state index in [1.165, 1.54) is 0 Å². The first kappa shape index (κ1) is 13.7. The van der Waals surface area contributed by atoms with E-state index in [1.807, 2.05) is 39.0 Å². The van der Waals surface area contributed by atoms with Crippen molar-refractivity contribution in [3.63, 3.8) is 0 Å². The molecule has 1 N–H and O–H groups in total. The zero-order valence-electron chi connectivity index (χ0n) is 11.1. The monoisotopic (exact) mass is 318 g/mol. The molecule has 0 bridgehead atoms. The highest BCUT2D eigenvalue weighted by Crippen LogP contribution is 2.20. The largest absolute Gasteiger partial charge is 0.320 e. The van der Waals surface area contributed by atoms with Crippen LogP contribution in [0.1, 0.15) is 27.3 Å². The summed E-state index contributed by atoms with van der Waals surface area (Å²) < 4.78 is 0.885. The Kier molecular flexibility index (Phi) is 4.00. The van der Waals surface area contributed by atoms with E-state index in [9.17, 15) is 4.79 Å².